The number of anilines is 2. The summed E-state index contributed by atoms with van der Waals surface area (Å²) in [6, 6.07) is 5.72. The first-order valence-corrected chi connectivity index (χ1v) is 10.5. The summed E-state index contributed by atoms with van der Waals surface area (Å²) in [4.78, 5) is 23.8. The van der Waals surface area contributed by atoms with Gasteiger partial charge in [0.1, 0.15) is 5.82 Å². The Bertz CT molecular complexity index is 1040. The Labute approximate surface area is 174 Å². The van der Waals surface area contributed by atoms with E-state index in [1.165, 1.54) is 11.3 Å². The monoisotopic (exact) mass is 408 g/mol. The summed E-state index contributed by atoms with van der Waals surface area (Å²) in [5.41, 5.74) is 3.92. The summed E-state index contributed by atoms with van der Waals surface area (Å²) in [6.07, 6.45) is 7.19. The van der Waals surface area contributed by atoms with Crippen LogP contribution in [0, 0.1) is 13.8 Å². The summed E-state index contributed by atoms with van der Waals surface area (Å²) >= 11 is 1.53. The van der Waals surface area contributed by atoms with Gasteiger partial charge in [0.05, 0.1) is 17.4 Å². The number of thiazole rings is 1. The van der Waals surface area contributed by atoms with Crippen LogP contribution < -0.4 is 5.32 Å². The Balaban J connectivity index is 1.47. The minimum Gasteiger partial charge on any atom is -0.331 e. The zero-order valence-corrected chi connectivity index (χ0v) is 17.6. The molecule has 0 unspecified atom stereocenters. The molecule has 0 spiro atoms. The van der Waals surface area contributed by atoms with Crippen molar-refractivity contribution in [2.75, 3.05) is 11.9 Å². The first kappa shape index (κ1) is 19.3. The van der Waals surface area contributed by atoms with E-state index >= 15 is 0 Å². The molecule has 0 bridgehead atoms. The smallest absolute Gasteiger partial charge is 0.247 e. The molecule has 1 atom stereocenters. The number of nitrogens with one attached hydrogen (secondary N) is 1. The van der Waals surface area contributed by atoms with Crippen LogP contribution in [-0.2, 0) is 11.8 Å². The first-order valence-electron chi connectivity index (χ1n) is 9.65. The zero-order valence-electron chi connectivity index (χ0n) is 16.8. The molecule has 0 radical (unpaired) electrons. The highest BCUT2D eigenvalue weighted by atomic mass is 32.1. The van der Waals surface area contributed by atoms with Gasteiger partial charge in [-0.1, -0.05) is 6.07 Å². The third-order valence-corrected chi connectivity index (χ3v) is 6.03. The molecule has 0 saturated carbocycles. The highest BCUT2D eigenvalue weighted by molar-refractivity contribution is 7.13. The molecule has 1 aliphatic heterocycles. The molecular weight excluding hydrogens is 384 g/mol. The maximum Gasteiger partial charge on any atom is 0.247 e. The van der Waals surface area contributed by atoms with E-state index in [0.29, 0.717) is 0 Å². The Hall–Kier alpha value is -3.00. The van der Waals surface area contributed by atoms with Gasteiger partial charge in [-0.05, 0) is 44.9 Å². The Morgan fingerprint density at radius 1 is 1.34 bits per heavy atom. The number of pyridine rings is 1. The van der Waals surface area contributed by atoms with Gasteiger partial charge in [0.15, 0.2) is 5.13 Å². The third-order valence-electron chi connectivity index (χ3n) is 5.26. The maximum atomic E-state index is 12.9. The predicted octanol–water partition coefficient (Wildman–Crippen LogP) is 4.01. The Morgan fingerprint density at radius 2 is 2.21 bits per heavy atom. The molecular formula is C21H24N6OS. The molecule has 8 heteroatoms. The van der Waals surface area contributed by atoms with Crippen molar-refractivity contribution in [1.82, 2.24) is 24.6 Å². The number of hydrogen-bond acceptors (Lipinski definition) is 6. The van der Waals surface area contributed by atoms with E-state index in [0.717, 1.165) is 53.0 Å². The number of nitrogens with zero attached hydrogens (tertiary/aromatic N) is 5. The molecule has 3 aromatic rings. The topological polar surface area (TPSA) is 75.9 Å². The van der Waals surface area contributed by atoms with Crippen LogP contribution >= 0.6 is 11.3 Å². The number of amides is 1. The van der Waals surface area contributed by atoms with E-state index in [1.807, 2.05) is 60.1 Å². The fourth-order valence-electron chi connectivity index (χ4n) is 3.66. The Kier molecular flexibility index (Phi) is 5.44. The highest BCUT2D eigenvalue weighted by Crippen LogP contribution is 2.34. The first-order chi connectivity index (χ1) is 14.0. The second kappa shape index (κ2) is 8.16. The molecule has 1 fully saturated rings. The van der Waals surface area contributed by atoms with Gasteiger partial charge in [-0.15, -0.1) is 11.3 Å². The van der Waals surface area contributed by atoms with Gasteiger partial charge in [0.25, 0.3) is 0 Å². The molecule has 4 rings (SSSR count). The summed E-state index contributed by atoms with van der Waals surface area (Å²) < 4.78 is 1.84. The molecule has 29 heavy (non-hydrogen) atoms. The van der Waals surface area contributed by atoms with Gasteiger partial charge >= 0.3 is 0 Å². The normalized spacial score (nSPS) is 16.7. The van der Waals surface area contributed by atoms with Gasteiger partial charge in [-0.25, -0.2) is 9.97 Å². The molecule has 1 aliphatic rings. The number of aromatic nitrogens is 4. The largest absolute Gasteiger partial charge is 0.331 e. The van der Waals surface area contributed by atoms with Gasteiger partial charge in [0.2, 0.25) is 5.91 Å². The molecule has 4 heterocycles. The molecule has 1 amide bonds. The summed E-state index contributed by atoms with van der Waals surface area (Å²) in [5.74, 6) is 0.778. The van der Waals surface area contributed by atoms with Crippen molar-refractivity contribution < 1.29 is 4.79 Å². The summed E-state index contributed by atoms with van der Waals surface area (Å²) in [7, 11) is 1.91. The van der Waals surface area contributed by atoms with Crippen LogP contribution in [0.4, 0.5) is 10.9 Å². The lowest BCUT2D eigenvalue weighted by molar-refractivity contribution is -0.126. The van der Waals surface area contributed by atoms with Crippen LogP contribution in [0.1, 0.15) is 41.5 Å². The standard InChI is InChI=1S/C21H24N6OS/c1-14-16(15(2)26(3)25-14)9-10-20(28)27-12-6-7-18(27)17-13-29-21(23-17)24-19-8-4-5-11-22-19/h4-5,8-11,13,18H,6-7,12H2,1-3H3,(H,22,23,24)/b10-9+/t18-/m1/s1. The molecule has 0 aromatic carbocycles. The number of hydrogen-bond donors (Lipinski definition) is 1. The molecule has 1 saturated heterocycles. The van der Waals surface area contributed by atoms with E-state index in [2.05, 4.69) is 15.4 Å². The number of likely N-dealkylation sites (tertiary alicyclic amines) is 1. The van der Waals surface area contributed by atoms with Crippen molar-refractivity contribution >= 4 is 34.3 Å². The number of aryl methyl sites for hydroxylation is 2. The van der Waals surface area contributed by atoms with Gasteiger partial charge < -0.3 is 10.2 Å². The summed E-state index contributed by atoms with van der Waals surface area (Å²) in [6.45, 7) is 4.72. The van der Waals surface area contributed by atoms with Crippen LogP contribution in [-0.4, -0.2) is 37.1 Å². The predicted molar refractivity (Wildman–Crippen MR) is 115 cm³/mol. The van der Waals surface area contributed by atoms with E-state index < -0.39 is 0 Å². The average molecular weight is 409 g/mol. The van der Waals surface area contributed by atoms with Gasteiger partial charge in [-0.3, -0.25) is 9.48 Å². The quantitative estimate of drug-likeness (QED) is 0.646. The van der Waals surface area contributed by atoms with E-state index in [9.17, 15) is 4.79 Å². The van der Waals surface area contributed by atoms with Crippen LogP contribution in [0.3, 0.4) is 0 Å². The van der Waals surface area contributed by atoms with Gasteiger partial charge in [0, 0.05) is 42.5 Å². The van der Waals surface area contributed by atoms with Crippen LogP contribution in [0.25, 0.3) is 6.08 Å². The molecule has 0 aliphatic carbocycles. The van der Waals surface area contributed by atoms with Crippen molar-refractivity contribution in [3.8, 4) is 0 Å². The fraction of sp³-hybridized carbons (Fsp3) is 0.333. The Morgan fingerprint density at radius 3 is 2.93 bits per heavy atom. The van der Waals surface area contributed by atoms with E-state index in [-0.39, 0.29) is 11.9 Å². The molecule has 1 N–H and O–H groups in total. The second-order valence-corrected chi connectivity index (χ2v) is 8.01. The van der Waals surface area contributed by atoms with E-state index in [1.54, 1.807) is 12.3 Å². The minimum atomic E-state index is 0.0128. The zero-order chi connectivity index (χ0) is 20.4. The minimum absolute atomic E-state index is 0.0128. The van der Waals surface area contributed by atoms with Crippen LogP contribution in [0.5, 0.6) is 0 Å². The SMILES string of the molecule is Cc1nn(C)c(C)c1/C=C/C(=O)N1CCC[C@@H]1c1csc(Nc2ccccn2)n1. The van der Waals surface area contributed by atoms with Gasteiger partial charge in [-0.2, -0.15) is 5.10 Å². The van der Waals surface area contributed by atoms with Crippen molar-refractivity contribution in [1.29, 1.82) is 0 Å². The van der Waals surface area contributed by atoms with Crippen molar-refractivity contribution in [3.05, 3.63) is 58.5 Å². The lowest BCUT2D eigenvalue weighted by Crippen LogP contribution is -2.29. The third kappa shape index (κ3) is 4.07. The number of rotatable bonds is 5. The highest BCUT2D eigenvalue weighted by Gasteiger charge is 2.30. The molecule has 3 aromatic heterocycles. The van der Waals surface area contributed by atoms with Crippen molar-refractivity contribution in [2.24, 2.45) is 7.05 Å². The number of carbonyl (C=O) groups excluding carboxylic acids is 1. The lowest BCUT2D eigenvalue weighted by atomic mass is 10.1. The lowest BCUT2D eigenvalue weighted by Gasteiger charge is -2.21. The number of carbonyl (C=O) groups is 1. The van der Waals surface area contributed by atoms with E-state index in [4.69, 9.17) is 4.98 Å². The fourth-order valence-corrected chi connectivity index (χ4v) is 4.43. The summed E-state index contributed by atoms with van der Waals surface area (Å²) in [5, 5.41) is 10.4. The van der Waals surface area contributed by atoms with Crippen molar-refractivity contribution in [3.63, 3.8) is 0 Å². The van der Waals surface area contributed by atoms with Crippen molar-refractivity contribution in [2.45, 2.75) is 32.7 Å². The average Bonchev–Trinajstić information content (AvgIpc) is 3.42. The molecule has 7 nitrogen and oxygen atoms in total. The molecule has 150 valence electrons. The maximum absolute atomic E-state index is 12.9. The second-order valence-electron chi connectivity index (χ2n) is 7.15. The van der Waals surface area contributed by atoms with Crippen LogP contribution in [0.15, 0.2) is 35.9 Å². The van der Waals surface area contributed by atoms with Crippen LogP contribution in [0.2, 0.25) is 0 Å².